The lowest BCUT2D eigenvalue weighted by atomic mass is 9.82. The molecule has 0 bridgehead atoms. The van der Waals surface area contributed by atoms with Crippen molar-refractivity contribution in [1.82, 2.24) is 0 Å². The van der Waals surface area contributed by atoms with Crippen LogP contribution in [0.25, 0.3) is 0 Å². The maximum Gasteiger partial charge on any atom is 0.0700 e. The molecule has 0 unspecified atom stereocenters. The van der Waals surface area contributed by atoms with E-state index >= 15 is 0 Å². The van der Waals surface area contributed by atoms with Gasteiger partial charge in [0.2, 0.25) is 0 Å². The summed E-state index contributed by atoms with van der Waals surface area (Å²) in [5.41, 5.74) is -0.158. The average Bonchev–Trinajstić information content (AvgIpc) is 2.49. The normalized spacial score (nSPS) is 24.0. The zero-order valence-corrected chi connectivity index (χ0v) is 6.57. The SMILES string of the molecule is CCC(C)(C)C1(O)CC1. The largest absolute Gasteiger partial charge is 0.389 e. The van der Waals surface area contributed by atoms with Crippen molar-refractivity contribution in [2.75, 3.05) is 0 Å². The minimum absolute atomic E-state index is 0.146. The van der Waals surface area contributed by atoms with Crippen molar-refractivity contribution >= 4 is 0 Å². The summed E-state index contributed by atoms with van der Waals surface area (Å²) in [5, 5.41) is 9.66. The lowest BCUT2D eigenvalue weighted by molar-refractivity contribution is 0.0223. The minimum atomic E-state index is -0.304. The predicted octanol–water partition coefficient (Wildman–Crippen LogP) is 1.95. The van der Waals surface area contributed by atoms with Crippen molar-refractivity contribution in [3.05, 3.63) is 0 Å². The Morgan fingerprint density at radius 1 is 1.44 bits per heavy atom. The number of aliphatic hydroxyl groups is 1. The molecule has 1 heteroatoms. The van der Waals surface area contributed by atoms with E-state index in [2.05, 4.69) is 20.8 Å². The molecule has 0 heterocycles. The van der Waals surface area contributed by atoms with Gasteiger partial charge in [-0.1, -0.05) is 20.8 Å². The van der Waals surface area contributed by atoms with Gasteiger partial charge in [0.05, 0.1) is 5.60 Å². The molecule has 0 aromatic rings. The smallest absolute Gasteiger partial charge is 0.0700 e. The van der Waals surface area contributed by atoms with E-state index in [9.17, 15) is 5.11 Å². The molecule has 0 saturated heterocycles. The molecule has 9 heavy (non-hydrogen) atoms. The van der Waals surface area contributed by atoms with Gasteiger partial charge < -0.3 is 5.11 Å². The van der Waals surface area contributed by atoms with E-state index in [-0.39, 0.29) is 11.0 Å². The standard InChI is InChI=1S/C8H16O/c1-4-7(2,3)8(9)5-6-8/h9H,4-6H2,1-3H3. The minimum Gasteiger partial charge on any atom is -0.389 e. The fourth-order valence-electron chi connectivity index (χ4n) is 1.12. The van der Waals surface area contributed by atoms with Crippen LogP contribution in [0.4, 0.5) is 0 Å². The van der Waals surface area contributed by atoms with Crippen molar-refractivity contribution in [3.63, 3.8) is 0 Å². The van der Waals surface area contributed by atoms with Gasteiger partial charge in [-0.2, -0.15) is 0 Å². The number of hydrogen-bond donors (Lipinski definition) is 1. The molecule has 0 aromatic carbocycles. The van der Waals surface area contributed by atoms with Gasteiger partial charge in [-0.3, -0.25) is 0 Å². The molecule has 0 spiro atoms. The van der Waals surface area contributed by atoms with E-state index in [1.165, 1.54) is 0 Å². The molecule has 1 N–H and O–H groups in total. The highest BCUT2D eigenvalue weighted by molar-refractivity contribution is 5.03. The molecule has 0 aliphatic heterocycles. The lowest BCUT2D eigenvalue weighted by Crippen LogP contribution is -2.30. The first-order valence-corrected chi connectivity index (χ1v) is 3.74. The highest BCUT2D eigenvalue weighted by Gasteiger charge is 2.51. The monoisotopic (exact) mass is 128 g/mol. The van der Waals surface area contributed by atoms with Gasteiger partial charge in [0.25, 0.3) is 0 Å². The Kier molecular flexibility index (Phi) is 1.35. The third kappa shape index (κ3) is 0.983. The molecule has 0 amide bonds. The van der Waals surface area contributed by atoms with Crippen LogP contribution in [0.2, 0.25) is 0 Å². The van der Waals surface area contributed by atoms with Crippen molar-refractivity contribution in [2.24, 2.45) is 5.41 Å². The fourth-order valence-corrected chi connectivity index (χ4v) is 1.12. The van der Waals surface area contributed by atoms with Crippen molar-refractivity contribution in [3.8, 4) is 0 Å². The summed E-state index contributed by atoms with van der Waals surface area (Å²) < 4.78 is 0. The van der Waals surface area contributed by atoms with Crippen molar-refractivity contribution < 1.29 is 5.11 Å². The second-order valence-electron chi connectivity index (χ2n) is 3.77. The van der Waals surface area contributed by atoms with Crippen LogP contribution in [-0.2, 0) is 0 Å². The van der Waals surface area contributed by atoms with Crippen LogP contribution in [0, 0.1) is 5.41 Å². The topological polar surface area (TPSA) is 20.2 Å². The van der Waals surface area contributed by atoms with Crippen LogP contribution in [0.1, 0.15) is 40.0 Å². The molecule has 54 valence electrons. The molecular formula is C8H16O. The Balaban J connectivity index is 2.58. The maximum atomic E-state index is 9.66. The quantitative estimate of drug-likeness (QED) is 0.602. The fraction of sp³-hybridized carbons (Fsp3) is 1.00. The summed E-state index contributed by atoms with van der Waals surface area (Å²) in [7, 11) is 0. The molecule has 1 saturated carbocycles. The lowest BCUT2D eigenvalue weighted by Gasteiger charge is -2.28. The summed E-state index contributed by atoms with van der Waals surface area (Å²) in [5.74, 6) is 0. The first-order valence-electron chi connectivity index (χ1n) is 3.74. The van der Waals surface area contributed by atoms with Crippen LogP contribution in [-0.4, -0.2) is 10.7 Å². The second-order valence-corrected chi connectivity index (χ2v) is 3.77. The zero-order valence-electron chi connectivity index (χ0n) is 6.57. The van der Waals surface area contributed by atoms with E-state index in [0.717, 1.165) is 19.3 Å². The third-order valence-corrected chi connectivity index (χ3v) is 2.87. The first kappa shape index (κ1) is 7.07. The molecule has 1 rings (SSSR count). The third-order valence-electron chi connectivity index (χ3n) is 2.87. The summed E-state index contributed by atoms with van der Waals surface area (Å²) in [4.78, 5) is 0. The Hall–Kier alpha value is -0.0400. The van der Waals surface area contributed by atoms with Crippen LogP contribution < -0.4 is 0 Å². The Morgan fingerprint density at radius 2 is 1.89 bits per heavy atom. The number of rotatable bonds is 2. The molecule has 0 radical (unpaired) electrons. The van der Waals surface area contributed by atoms with Gasteiger partial charge in [-0.25, -0.2) is 0 Å². The summed E-state index contributed by atoms with van der Waals surface area (Å²) >= 11 is 0. The van der Waals surface area contributed by atoms with Crippen LogP contribution in [0.5, 0.6) is 0 Å². The Labute approximate surface area is 57.1 Å². The molecule has 1 aliphatic rings. The molecular weight excluding hydrogens is 112 g/mol. The summed E-state index contributed by atoms with van der Waals surface area (Å²) in [6.07, 6.45) is 3.09. The van der Waals surface area contributed by atoms with Gasteiger partial charge in [-0.05, 0) is 24.7 Å². The van der Waals surface area contributed by atoms with Gasteiger partial charge in [0, 0.05) is 0 Å². The highest BCUT2D eigenvalue weighted by Crippen LogP contribution is 2.51. The molecule has 1 aliphatic carbocycles. The molecule has 1 fully saturated rings. The second kappa shape index (κ2) is 1.72. The Morgan fingerprint density at radius 3 is 2.00 bits per heavy atom. The Bertz CT molecular complexity index is 112. The molecule has 1 nitrogen and oxygen atoms in total. The maximum absolute atomic E-state index is 9.66. The van der Waals surface area contributed by atoms with Crippen molar-refractivity contribution in [1.29, 1.82) is 0 Å². The highest BCUT2D eigenvalue weighted by atomic mass is 16.3. The summed E-state index contributed by atoms with van der Waals surface area (Å²) in [6.45, 7) is 6.41. The van der Waals surface area contributed by atoms with Crippen LogP contribution in [0.3, 0.4) is 0 Å². The van der Waals surface area contributed by atoms with Gasteiger partial charge in [-0.15, -0.1) is 0 Å². The first-order chi connectivity index (χ1) is 4.02. The molecule has 0 atom stereocenters. The van der Waals surface area contributed by atoms with Crippen molar-refractivity contribution in [2.45, 2.75) is 45.6 Å². The van der Waals surface area contributed by atoms with Crippen LogP contribution >= 0.6 is 0 Å². The van der Waals surface area contributed by atoms with E-state index in [1.807, 2.05) is 0 Å². The van der Waals surface area contributed by atoms with E-state index in [0.29, 0.717) is 0 Å². The summed E-state index contributed by atoms with van der Waals surface area (Å²) in [6, 6.07) is 0. The number of hydrogen-bond acceptors (Lipinski definition) is 1. The van der Waals surface area contributed by atoms with E-state index in [1.54, 1.807) is 0 Å². The van der Waals surface area contributed by atoms with Gasteiger partial charge in [0.1, 0.15) is 0 Å². The van der Waals surface area contributed by atoms with E-state index in [4.69, 9.17) is 0 Å². The van der Waals surface area contributed by atoms with Gasteiger partial charge >= 0.3 is 0 Å². The zero-order chi connectivity index (χ0) is 7.12. The predicted molar refractivity (Wildman–Crippen MR) is 38.3 cm³/mol. The van der Waals surface area contributed by atoms with E-state index < -0.39 is 0 Å². The van der Waals surface area contributed by atoms with Crippen LogP contribution in [0.15, 0.2) is 0 Å². The van der Waals surface area contributed by atoms with Gasteiger partial charge in [0.15, 0.2) is 0 Å². The average molecular weight is 128 g/mol. The molecule has 0 aromatic heterocycles.